The average Bonchev–Trinajstić information content (AvgIpc) is 2.56. The number of anilines is 1. The van der Waals surface area contributed by atoms with Gasteiger partial charge in [0.2, 0.25) is 0 Å². The molecule has 0 fully saturated rings. The third kappa shape index (κ3) is 4.87. The number of halogens is 1. The van der Waals surface area contributed by atoms with E-state index in [1.54, 1.807) is 24.3 Å². The highest BCUT2D eigenvalue weighted by molar-refractivity contribution is 6.31. The minimum Gasteiger partial charge on any atom is -0.491 e. The summed E-state index contributed by atoms with van der Waals surface area (Å²) in [5.41, 5.74) is 2.31. The zero-order valence-corrected chi connectivity index (χ0v) is 13.6. The van der Waals surface area contributed by atoms with Crippen LogP contribution >= 0.6 is 11.6 Å². The summed E-state index contributed by atoms with van der Waals surface area (Å²) in [5.74, 6) is 0.640. The van der Waals surface area contributed by atoms with Gasteiger partial charge in [-0.25, -0.2) is 4.79 Å². The number of benzene rings is 2. The Hall–Kier alpha value is -2.24. The number of rotatable bonds is 6. The van der Waals surface area contributed by atoms with Crippen LogP contribution < -0.4 is 15.4 Å². The number of para-hydroxylation sites is 1. The molecule has 6 heteroatoms. The Balaban J connectivity index is 1.95. The Morgan fingerprint density at radius 2 is 2.00 bits per heavy atom. The first-order valence-electron chi connectivity index (χ1n) is 7.23. The number of amides is 2. The summed E-state index contributed by atoms with van der Waals surface area (Å²) in [6, 6.07) is 12.4. The van der Waals surface area contributed by atoms with Crippen LogP contribution in [0.15, 0.2) is 42.5 Å². The Morgan fingerprint density at radius 1 is 1.22 bits per heavy atom. The van der Waals surface area contributed by atoms with Crippen LogP contribution in [0, 0.1) is 6.92 Å². The molecule has 0 unspecified atom stereocenters. The molecule has 122 valence electrons. The largest absolute Gasteiger partial charge is 0.491 e. The zero-order chi connectivity index (χ0) is 16.7. The second-order valence-corrected chi connectivity index (χ2v) is 5.31. The first kappa shape index (κ1) is 17.1. The van der Waals surface area contributed by atoms with Crippen LogP contribution in [-0.2, 0) is 6.54 Å². The van der Waals surface area contributed by atoms with Gasteiger partial charge < -0.3 is 20.5 Å². The van der Waals surface area contributed by atoms with Crippen LogP contribution in [0.4, 0.5) is 10.5 Å². The first-order chi connectivity index (χ1) is 11.1. The number of hydrogen-bond acceptors (Lipinski definition) is 3. The lowest BCUT2D eigenvalue weighted by atomic mass is 10.2. The summed E-state index contributed by atoms with van der Waals surface area (Å²) in [6.45, 7) is 2.31. The van der Waals surface area contributed by atoms with Crippen LogP contribution in [0.3, 0.4) is 0 Å². The standard InChI is InChI=1S/C17H19ClN2O3/c1-12-14(18)6-4-7-15(12)20-17(22)19-11-13-5-2-3-8-16(13)23-10-9-21/h2-8,21H,9-11H2,1H3,(H2,19,20,22). The molecule has 2 aromatic carbocycles. The zero-order valence-electron chi connectivity index (χ0n) is 12.8. The molecule has 2 amide bonds. The quantitative estimate of drug-likeness (QED) is 0.758. The predicted octanol–water partition coefficient (Wildman–Crippen LogP) is 3.34. The van der Waals surface area contributed by atoms with Gasteiger partial charge in [0, 0.05) is 22.8 Å². The molecule has 2 aromatic rings. The maximum Gasteiger partial charge on any atom is 0.319 e. The van der Waals surface area contributed by atoms with Crippen LogP contribution in [0.2, 0.25) is 5.02 Å². The summed E-state index contributed by atoms with van der Waals surface area (Å²) in [4.78, 5) is 12.0. The Morgan fingerprint density at radius 3 is 2.78 bits per heavy atom. The smallest absolute Gasteiger partial charge is 0.319 e. The normalized spacial score (nSPS) is 10.2. The molecule has 0 aromatic heterocycles. The molecule has 0 saturated heterocycles. The Kier molecular flexibility index (Phi) is 6.26. The second kappa shape index (κ2) is 8.41. The fraction of sp³-hybridized carbons (Fsp3) is 0.235. The molecule has 0 aliphatic heterocycles. The molecule has 0 aliphatic rings. The minimum absolute atomic E-state index is 0.0592. The molecule has 0 spiro atoms. The van der Waals surface area contributed by atoms with Crippen molar-refractivity contribution >= 4 is 23.3 Å². The van der Waals surface area contributed by atoms with Crippen molar-refractivity contribution in [3.8, 4) is 5.75 Å². The van der Waals surface area contributed by atoms with Gasteiger partial charge in [-0.05, 0) is 30.7 Å². The molecule has 0 saturated carbocycles. The molecule has 0 atom stereocenters. The Bertz CT molecular complexity index is 677. The number of carbonyl (C=O) groups excluding carboxylic acids is 1. The monoisotopic (exact) mass is 334 g/mol. The van der Waals surface area contributed by atoms with E-state index in [2.05, 4.69) is 10.6 Å². The van der Waals surface area contributed by atoms with Crippen molar-refractivity contribution in [3.05, 3.63) is 58.6 Å². The summed E-state index contributed by atoms with van der Waals surface area (Å²) in [6.07, 6.45) is 0. The Labute approximate surface area is 140 Å². The molecule has 0 radical (unpaired) electrons. The average molecular weight is 335 g/mol. The highest BCUT2D eigenvalue weighted by Gasteiger charge is 2.08. The van der Waals surface area contributed by atoms with Crippen molar-refractivity contribution in [3.63, 3.8) is 0 Å². The molecular weight excluding hydrogens is 316 g/mol. The third-order valence-corrected chi connectivity index (χ3v) is 3.69. The van der Waals surface area contributed by atoms with Crippen molar-refractivity contribution in [1.82, 2.24) is 5.32 Å². The summed E-state index contributed by atoms with van der Waals surface area (Å²) < 4.78 is 5.43. The van der Waals surface area contributed by atoms with Crippen LogP contribution in [0.25, 0.3) is 0 Å². The van der Waals surface area contributed by atoms with E-state index in [4.69, 9.17) is 21.4 Å². The van der Waals surface area contributed by atoms with E-state index in [1.807, 2.05) is 25.1 Å². The minimum atomic E-state index is -0.327. The first-order valence-corrected chi connectivity index (χ1v) is 7.61. The molecule has 0 heterocycles. The lowest BCUT2D eigenvalue weighted by Gasteiger charge is -2.13. The highest BCUT2D eigenvalue weighted by Crippen LogP contribution is 2.23. The molecular formula is C17H19ClN2O3. The molecule has 23 heavy (non-hydrogen) atoms. The fourth-order valence-corrected chi connectivity index (χ4v) is 2.21. The summed E-state index contributed by atoms with van der Waals surface area (Å²) in [7, 11) is 0. The van der Waals surface area contributed by atoms with E-state index in [-0.39, 0.29) is 19.2 Å². The number of aliphatic hydroxyl groups is 1. The van der Waals surface area contributed by atoms with Gasteiger partial charge in [-0.15, -0.1) is 0 Å². The number of nitrogens with one attached hydrogen (secondary N) is 2. The van der Waals surface area contributed by atoms with Gasteiger partial charge in [0.25, 0.3) is 0 Å². The van der Waals surface area contributed by atoms with E-state index in [0.29, 0.717) is 23.0 Å². The van der Waals surface area contributed by atoms with Crippen molar-refractivity contribution < 1.29 is 14.6 Å². The van der Waals surface area contributed by atoms with Crippen LogP contribution in [0.1, 0.15) is 11.1 Å². The van der Waals surface area contributed by atoms with Crippen molar-refractivity contribution in [2.24, 2.45) is 0 Å². The second-order valence-electron chi connectivity index (χ2n) is 4.90. The van der Waals surface area contributed by atoms with Crippen molar-refractivity contribution in [2.75, 3.05) is 18.5 Å². The number of hydrogen-bond donors (Lipinski definition) is 3. The lowest BCUT2D eigenvalue weighted by molar-refractivity contribution is 0.200. The van der Waals surface area contributed by atoms with E-state index < -0.39 is 0 Å². The van der Waals surface area contributed by atoms with Crippen LogP contribution in [-0.4, -0.2) is 24.4 Å². The number of ether oxygens (including phenoxy) is 1. The van der Waals surface area contributed by atoms with E-state index >= 15 is 0 Å². The lowest BCUT2D eigenvalue weighted by Crippen LogP contribution is -2.28. The number of urea groups is 1. The van der Waals surface area contributed by atoms with Gasteiger partial charge in [-0.3, -0.25) is 0 Å². The van der Waals surface area contributed by atoms with Crippen LogP contribution in [0.5, 0.6) is 5.75 Å². The molecule has 0 aliphatic carbocycles. The highest BCUT2D eigenvalue weighted by atomic mass is 35.5. The maximum atomic E-state index is 12.0. The predicted molar refractivity (Wildman–Crippen MR) is 91.1 cm³/mol. The van der Waals surface area contributed by atoms with Gasteiger partial charge in [0.1, 0.15) is 12.4 Å². The summed E-state index contributed by atoms with van der Waals surface area (Å²) >= 11 is 6.03. The van der Waals surface area contributed by atoms with Crippen molar-refractivity contribution in [1.29, 1.82) is 0 Å². The molecule has 2 rings (SSSR count). The summed E-state index contributed by atoms with van der Waals surface area (Å²) in [5, 5.41) is 15.0. The van der Waals surface area contributed by atoms with E-state index in [1.165, 1.54) is 0 Å². The SMILES string of the molecule is Cc1c(Cl)cccc1NC(=O)NCc1ccccc1OCCO. The van der Waals surface area contributed by atoms with E-state index in [9.17, 15) is 4.79 Å². The topological polar surface area (TPSA) is 70.6 Å². The van der Waals surface area contributed by atoms with Gasteiger partial charge in [0.15, 0.2) is 0 Å². The van der Waals surface area contributed by atoms with Crippen molar-refractivity contribution in [2.45, 2.75) is 13.5 Å². The van der Waals surface area contributed by atoms with Gasteiger partial charge >= 0.3 is 6.03 Å². The molecule has 3 N–H and O–H groups in total. The third-order valence-electron chi connectivity index (χ3n) is 3.28. The number of aliphatic hydroxyl groups excluding tert-OH is 1. The molecule has 0 bridgehead atoms. The van der Waals surface area contributed by atoms with E-state index in [0.717, 1.165) is 11.1 Å². The number of carbonyl (C=O) groups is 1. The fourth-order valence-electron chi connectivity index (χ4n) is 2.03. The van der Waals surface area contributed by atoms with Gasteiger partial charge in [0.05, 0.1) is 6.61 Å². The van der Waals surface area contributed by atoms with Gasteiger partial charge in [-0.1, -0.05) is 35.9 Å². The maximum absolute atomic E-state index is 12.0. The molecule has 5 nitrogen and oxygen atoms in total. The van der Waals surface area contributed by atoms with Gasteiger partial charge in [-0.2, -0.15) is 0 Å².